The molecular formula is C8H6Br3ClF3NO. The van der Waals surface area contributed by atoms with Crippen LogP contribution in [0.3, 0.4) is 0 Å². The first-order valence-corrected chi connectivity index (χ1v) is 6.22. The van der Waals surface area contributed by atoms with Crippen LogP contribution in [0.4, 0.5) is 13.2 Å². The summed E-state index contributed by atoms with van der Waals surface area (Å²) in [6.45, 7) is 0. The number of phenols is 1. The minimum Gasteiger partial charge on any atom is -0.506 e. The Labute approximate surface area is 127 Å². The minimum atomic E-state index is -4.58. The van der Waals surface area contributed by atoms with Crippen LogP contribution in [0, 0.1) is 0 Å². The van der Waals surface area contributed by atoms with E-state index in [4.69, 9.17) is 5.73 Å². The topological polar surface area (TPSA) is 46.2 Å². The lowest BCUT2D eigenvalue weighted by atomic mass is 10.1. The molecule has 0 saturated carbocycles. The second kappa shape index (κ2) is 6.10. The van der Waals surface area contributed by atoms with Gasteiger partial charge in [-0.2, -0.15) is 13.2 Å². The Hall–Kier alpha value is 0.500. The first-order chi connectivity index (χ1) is 7.16. The predicted molar refractivity (Wildman–Crippen MR) is 71.4 cm³/mol. The van der Waals surface area contributed by atoms with Crippen LogP contribution in [0.25, 0.3) is 0 Å². The molecule has 98 valence electrons. The molecule has 0 spiro atoms. The van der Waals surface area contributed by atoms with Gasteiger partial charge < -0.3 is 10.8 Å². The molecule has 1 aromatic carbocycles. The maximum absolute atomic E-state index is 12.5. The summed E-state index contributed by atoms with van der Waals surface area (Å²) in [5.74, 6) is -0.321. The molecule has 0 radical (unpaired) electrons. The number of benzene rings is 1. The standard InChI is InChI=1S/C8H5Br3F3NO.ClH/c9-2-1-3(10)6(16)5(11)4(2)7(15)8(12,13)14;/h1,7,16H,15H2;1H/t7-;/m1./s1. The van der Waals surface area contributed by atoms with Crippen molar-refractivity contribution in [2.75, 3.05) is 0 Å². The Morgan fingerprint density at radius 2 is 1.65 bits per heavy atom. The number of alkyl halides is 3. The van der Waals surface area contributed by atoms with Crippen LogP contribution in [0.2, 0.25) is 0 Å². The van der Waals surface area contributed by atoms with Gasteiger partial charge in [0.25, 0.3) is 0 Å². The van der Waals surface area contributed by atoms with Crippen molar-refractivity contribution in [1.29, 1.82) is 0 Å². The van der Waals surface area contributed by atoms with E-state index < -0.39 is 12.2 Å². The van der Waals surface area contributed by atoms with E-state index in [2.05, 4.69) is 47.8 Å². The molecule has 2 nitrogen and oxygen atoms in total. The van der Waals surface area contributed by atoms with E-state index in [0.29, 0.717) is 0 Å². The van der Waals surface area contributed by atoms with Crippen LogP contribution in [0.5, 0.6) is 5.75 Å². The summed E-state index contributed by atoms with van der Waals surface area (Å²) in [6, 6.07) is -0.864. The lowest BCUT2D eigenvalue weighted by Crippen LogP contribution is -2.29. The monoisotopic (exact) mass is 461 g/mol. The lowest BCUT2D eigenvalue weighted by Gasteiger charge is -2.19. The maximum atomic E-state index is 12.5. The first-order valence-electron chi connectivity index (χ1n) is 3.85. The molecule has 0 amide bonds. The number of halogens is 7. The van der Waals surface area contributed by atoms with Crippen LogP contribution in [-0.2, 0) is 0 Å². The van der Waals surface area contributed by atoms with Gasteiger partial charge >= 0.3 is 6.18 Å². The quantitative estimate of drug-likeness (QED) is 0.635. The van der Waals surface area contributed by atoms with E-state index in [0.717, 1.165) is 0 Å². The molecule has 0 saturated heterocycles. The molecule has 1 atom stereocenters. The second-order valence-electron chi connectivity index (χ2n) is 2.94. The molecule has 0 aliphatic rings. The van der Waals surface area contributed by atoms with E-state index in [-0.39, 0.29) is 37.1 Å². The smallest absolute Gasteiger partial charge is 0.407 e. The van der Waals surface area contributed by atoms with E-state index in [1.165, 1.54) is 6.07 Å². The lowest BCUT2D eigenvalue weighted by molar-refractivity contribution is -0.149. The molecule has 0 aliphatic heterocycles. The summed E-state index contributed by atoms with van der Waals surface area (Å²) in [5.41, 5.74) is 4.84. The number of phenolic OH excluding ortho intramolecular Hbond substituents is 1. The van der Waals surface area contributed by atoms with Crippen molar-refractivity contribution in [2.45, 2.75) is 12.2 Å². The normalized spacial score (nSPS) is 13.1. The Morgan fingerprint density at radius 1 is 1.18 bits per heavy atom. The highest BCUT2D eigenvalue weighted by Gasteiger charge is 2.40. The average Bonchev–Trinajstić information content (AvgIpc) is 2.13. The van der Waals surface area contributed by atoms with E-state index in [1.807, 2.05) is 0 Å². The van der Waals surface area contributed by atoms with E-state index >= 15 is 0 Å². The molecule has 9 heteroatoms. The summed E-state index contributed by atoms with van der Waals surface area (Å²) < 4.78 is 37.7. The highest BCUT2D eigenvalue weighted by atomic mass is 79.9. The van der Waals surface area contributed by atoms with Crippen molar-refractivity contribution in [3.05, 3.63) is 25.0 Å². The fourth-order valence-corrected chi connectivity index (χ4v) is 3.66. The summed E-state index contributed by atoms with van der Waals surface area (Å²) in [4.78, 5) is 0. The summed E-state index contributed by atoms with van der Waals surface area (Å²) in [6.07, 6.45) is -4.58. The van der Waals surface area contributed by atoms with Gasteiger partial charge in [0, 0.05) is 10.0 Å². The molecule has 1 aromatic rings. The Balaban J connectivity index is 0.00000256. The van der Waals surface area contributed by atoms with Gasteiger partial charge in [-0.25, -0.2) is 0 Å². The maximum Gasteiger partial charge on any atom is 0.407 e. The van der Waals surface area contributed by atoms with Crippen LogP contribution < -0.4 is 5.73 Å². The molecule has 0 unspecified atom stereocenters. The minimum absolute atomic E-state index is 0. The van der Waals surface area contributed by atoms with Crippen molar-refractivity contribution in [3.63, 3.8) is 0 Å². The molecule has 1 rings (SSSR count). The zero-order valence-corrected chi connectivity index (χ0v) is 13.4. The summed E-state index contributed by atoms with van der Waals surface area (Å²) in [5, 5.41) is 9.49. The van der Waals surface area contributed by atoms with Gasteiger partial charge in [-0.1, -0.05) is 15.9 Å². The second-order valence-corrected chi connectivity index (χ2v) is 5.44. The fraction of sp³-hybridized carbons (Fsp3) is 0.250. The third-order valence-electron chi connectivity index (χ3n) is 1.84. The first kappa shape index (κ1) is 17.5. The molecule has 0 fully saturated rings. The molecule has 0 bridgehead atoms. The van der Waals surface area contributed by atoms with Gasteiger partial charge in [0.2, 0.25) is 0 Å². The third-order valence-corrected chi connectivity index (χ3v) is 3.91. The van der Waals surface area contributed by atoms with Gasteiger partial charge in [-0.3, -0.25) is 0 Å². The van der Waals surface area contributed by atoms with Gasteiger partial charge in [-0.05, 0) is 37.9 Å². The SMILES string of the molecule is Cl.N[C@H](c1c(Br)cc(Br)c(O)c1Br)C(F)(F)F. The molecule has 3 N–H and O–H groups in total. The predicted octanol–water partition coefficient (Wildman–Crippen LogP) is 4.66. The molecule has 0 aliphatic carbocycles. The fourth-order valence-electron chi connectivity index (χ4n) is 1.04. The highest BCUT2D eigenvalue weighted by molar-refractivity contribution is 9.11. The average molecular weight is 464 g/mol. The van der Waals surface area contributed by atoms with Gasteiger partial charge in [0.05, 0.1) is 8.95 Å². The van der Waals surface area contributed by atoms with Gasteiger partial charge in [0.1, 0.15) is 11.8 Å². The van der Waals surface area contributed by atoms with Crippen LogP contribution in [0.1, 0.15) is 11.6 Å². The largest absolute Gasteiger partial charge is 0.506 e. The zero-order valence-electron chi connectivity index (χ0n) is 7.86. The summed E-state index contributed by atoms with van der Waals surface area (Å²) >= 11 is 8.86. The van der Waals surface area contributed by atoms with Crippen LogP contribution in [-0.4, -0.2) is 11.3 Å². The van der Waals surface area contributed by atoms with E-state index in [9.17, 15) is 18.3 Å². The Kier molecular flexibility index (Phi) is 6.28. The van der Waals surface area contributed by atoms with Crippen LogP contribution >= 0.6 is 60.2 Å². The zero-order chi connectivity index (χ0) is 12.7. The highest BCUT2D eigenvalue weighted by Crippen LogP contribution is 2.45. The molecular weight excluding hydrogens is 458 g/mol. The number of aromatic hydroxyl groups is 1. The van der Waals surface area contributed by atoms with Crippen molar-refractivity contribution in [3.8, 4) is 5.75 Å². The summed E-state index contributed by atoms with van der Waals surface area (Å²) in [7, 11) is 0. The van der Waals surface area contributed by atoms with Gasteiger partial charge in [-0.15, -0.1) is 12.4 Å². The number of hydrogen-bond acceptors (Lipinski definition) is 2. The molecule has 17 heavy (non-hydrogen) atoms. The van der Waals surface area contributed by atoms with Crippen LogP contribution in [0.15, 0.2) is 19.5 Å². The number of hydrogen-bond donors (Lipinski definition) is 2. The van der Waals surface area contributed by atoms with Crippen molar-refractivity contribution < 1.29 is 18.3 Å². The number of nitrogens with two attached hydrogens (primary N) is 1. The van der Waals surface area contributed by atoms with Gasteiger partial charge in [0.15, 0.2) is 0 Å². The third kappa shape index (κ3) is 3.73. The molecule has 0 aromatic heterocycles. The van der Waals surface area contributed by atoms with E-state index in [1.54, 1.807) is 0 Å². The van der Waals surface area contributed by atoms with Crippen molar-refractivity contribution >= 4 is 60.2 Å². The van der Waals surface area contributed by atoms with Crippen molar-refractivity contribution in [1.82, 2.24) is 0 Å². The number of rotatable bonds is 1. The van der Waals surface area contributed by atoms with Crippen molar-refractivity contribution in [2.24, 2.45) is 5.73 Å². The Morgan fingerprint density at radius 3 is 2.06 bits per heavy atom. The Bertz CT molecular complexity index is 427. The molecule has 0 heterocycles.